The van der Waals surface area contributed by atoms with E-state index in [0.29, 0.717) is 24.2 Å². The van der Waals surface area contributed by atoms with Gasteiger partial charge in [0.25, 0.3) is 0 Å². The first kappa shape index (κ1) is 21.8. The smallest absolute Gasteiger partial charge is 0.221 e. The van der Waals surface area contributed by atoms with E-state index in [0.717, 1.165) is 11.1 Å². The van der Waals surface area contributed by atoms with E-state index < -0.39 is 12.2 Å². The zero-order valence-electron chi connectivity index (χ0n) is 16.6. The van der Waals surface area contributed by atoms with Crippen LogP contribution in [0.2, 0.25) is 0 Å². The summed E-state index contributed by atoms with van der Waals surface area (Å²) in [7, 11) is 0. The van der Waals surface area contributed by atoms with Crippen LogP contribution in [0, 0.1) is 5.92 Å². The lowest BCUT2D eigenvalue weighted by atomic mass is 10.0. The zero-order valence-corrected chi connectivity index (χ0v) is 16.6. The molecule has 0 aliphatic carbocycles. The predicted octanol–water partition coefficient (Wildman–Crippen LogP) is 4.10. The molecule has 1 N–H and O–H groups in total. The van der Waals surface area contributed by atoms with Crippen molar-refractivity contribution < 1.29 is 14.1 Å². The van der Waals surface area contributed by atoms with Crippen LogP contribution in [-0.2, 0) is 22.4 Å². The van der Waals surface area contributed by atoms with Crippen molar-refractivity contribution in [2.75, 3.05) is 0 Å². The molecule has 1 unspecified atom stereocenters. The van der Waals surface area contributed by atoms with Crippen LogP contribution in [0.5, 0.6) is 0 Å². The van der Waals surface area contributed by atoms with Gasteiger partial charge in [-0.25, -0.2) is 0 Å². The summed E-state index contributed by atoms with van der Waals surface area (Å²) < 4.78 is 15.1. The fraction of sp³-hybridized carbons (Fsp3) is 0.391. The Bertz CT molecular complexity index is 722. The van der Waals surface area contributed by atoms with Crippen molar-refractivity contribution in [2.45, 2.75) is 51.7 Å². The Morgan fingerprint density at radius 1 is 1.04 bits per heavy atom. The molecular weight excluding hydrogens is 355 g/mol. The van der Waals surface area contributed by atoms with Crippen molar-refractivity contribution in [3.05, 3.63) is 71.8 Å². The van der Waals surface area contributed by atoms with Crippen LogP contribution >= 0.6 is 0 Å². The fourth-order valence-electron chi connectivity index (χ4n) is 3.13. The van der Waals surface area contributed by atoms with E-state index in [1.807, 2.05) is 74.5 Å². The number of benzene rings is 2. The molecule has 0 aliphatic rings. The van der Waals surface area contributed by atoms with Crippen LogP contribution in [0.1, 0.15) is 37.8 Å². The van der Waals surface area contributed by atoms with E-state index in [2.05, 4.69) is 5.32 Å². The average molecular weight is 384 g/mol. The molecule has 0 heterocycles. The fourth-order valence-corrected chi connectivity index (χ4v) is 3.13. The van der Waals surface area contributed by atoms with Crippen molar-refractivity contribution in [3.8, 4) is 0 Å². The summed E-state index contributed by atoms with van der Waals surface area (Å²) in [4.78, 5) is 23.9. The average Bonchev–Trinajstić information content (AvgIpc) is 2.71. The van der Waals surface area contributed by atoms with Crippen molar-refractivity contribution in [3.63, 3.8) is 0 Å². The highest BCUT2D eigenvalue weighted by Crippen LogP contribution is 2.16. The lowest BCUT2D eigenvalue weighted by Gasteiger charge is -2.29. The second-order valence-corrected chi connectivity index (χ2v) is 7.44. The van der Waals surface area contributed by atoms with Gasteiger partial charge in [0.2, 0.25) is 5.91 Å². The lowest BCUT2D eigenvalue weighted by Crippen LogP contribution is -2.50. The van der Waals surface area contributed by atoms with Crippen molar-refractivity contribution in [1.82, 2.24) is 10.4 Å². The van der Waals surface area contributed by atoms with Gasteiger partial charge in [0.1, 0.15) is 12.5 Å². The molecule has 2 aromatic carbocycles. The van der Waals surface area contributed by atoms with Crippen LogP contribution < -0.4 is 5.32 Å². The Morgan fingerprint density at radius 2 is 1.61 bits per heavy atom. The predicted molar refractivity (Wildman–Crippen MR) is 109 cm³/mol. The molecular formula is C23H29FN2O2. The Morgan fingerprint density at radius 3 is 2.14 bits per heavy atom. The van der Waals surface area contributed by atoms with Gasteiger partial charge in [0.15, 0.2) is 0 Å². The van der Waals surface area contributed by atoms with Gasteiger partial charge >= 0.3 is 0 Å². The summed E-state index contributed by atoms with van der Waals surface area (Å²) in [6.45, 7) is 3.88. The Kier molecular flexibility index (Phi) is 8.82. The number of hydrogen-bond acceptors (Lipinski definition) is 3. The maximum Gasteiger partial charge on any atom is 0.221 e. The standard InChI is InChI=1S/C23H29FN2O2/c1-18(2)15-21(17-27)26(24)22(16-20-11-7-4-8-12-20)25-23(28)14-13-19-9-5-3-6-10-19/h3-12,17-18,21-22H,13-16H2,1-2H3,(H,25,28)/t21?,22-/m0/s1. The van der Waals surface area contributed by atoms with Gasteiger partial charge in [0.05, 0.1) is 6.04 Å². The summed E-state index contributed by atoms with van der Waals surface area (Å²) in [6, 6.07) is 18.2. The quantitative estimate of drug-likeness (QED) is 0.360. The van der Waals surface area contributed by atoms with Gasteiger partial charge in [-0.15, -0.1) is 9.60 Å². The summed E-state index contributed by atoms with van der Waals surface area (Å²) >= 11 is 0. The van der Waals surface area contributed by atoms with E-state index in [1.54, 1.807) is 0 Å². The number of aryl methyl sites for hydroxylation is 1. The molecule has 0 fully saturated rings. The lowest BCUT2D eigenvalue weighted by molar-refractivity contribution is -0.137. The maximum absolute atomic E-state index is 15.1. The topological polar surface area (TPSA) is 49.4 Å². The minimum atomic E-state index is -0.889. The van der Waals surface area contributed by atoms with E-state index in [9.17, 15) is 9.59 Å². The first-order valence-corrected chi connectivity index (χ1v) is 9.76. The van der Waals surface area contributed by atoms with Crippen molar-refractivity contribution in [1.29, 1.82) is 0 Å². The third-order valence-electron chi connectivity index (χ3n) is 4.57. The molecule has 1 amide bonds. The van der Waals surface area contributed by atoms with E-state index in [-0.39, 0.29) is 24.7 Å². The number of nitrogens with one attached hydrogen (secondary N) is 1. The Labute approximate surface area is 166 Å². The molecule has 0 aliphatic heterocycles. The molecule has 0 saturated carbocycles. The summed E-state index contributed by atoms with van der Waals surface area (Å²) in [5, 5.41) is 3.28. The van der Waals surface area contributed by atoms with Crippen LogP contribution in [0.25, 0.3) is 0 Å². The van der Waals surface area contributed by atoms with Gasteiger partial charge in [0, 0.05) is 12.8 Å². The van der Waals surface area contributed by atoms with Crippen molar-refractivity contribution >= 4 is 12.2 Å². The van der Waals surface area contributed by atoms with Crippen LogP contribution in [0.4, 0.5) is 4.48 Å². The van der Waals surface area contributed by atoms with Gasteiger partial charge in [-0.1, -0.05) is 74.5 Å². The number of nitrogens with zero attached hydrogens (tertiary/aromatic N) is 1. The number of aldehydes is 1. The Balaban J connectivity index is 2.05. The minimum Gasteiger partial charge on any atom is -0.338 e. The third kappa shape index (κ3) is 7.24. The molecule has 2 atom stereocenters. The molecule has 2 aromatic rings. The van der Waals surface area contributed by atoms with Gasteiger partial charge < -0.3 is 10.1 Å². The number of hydrogen-bond donors (Lipinski definition) is 1. The minimum absolute atomic E-state index is 0.166. The number of carbonyl (C=O) groups is 2. The first-order valence-electron chi connectivity index (χ1n) is 9.76. The number of rotatable bonds is 11. The van der Waals surface area contributed by atoms with Gasteiger partial charge in [-0.05, 0) is 29.9 Å². The Hall–Kier alpha value is -2.53. The highest BCUT2D eigenvalue weighted by atomic mass is 19.2. The maximum atomic E-state index is 15.1. The van der Waals surface area contributed by atoms with Crippen LogP contribution in [0.15, 0.2) is 60.7 Å². The highest BCUT2D eigenvalue weighted by Gasteiger charge is 2.28. The summed E-state index contributed by atoms with van der Waals surface area (Å²) in [6.07, 6.45) is 1.26. The molecule has 2 rings (SSSR count). The number of amides is 1. The molecule has 4 nitrogen and oxygen atoms in total. The molecule has 28 heavy (non-hydrogen) atoms. The van der Waals surface area contributed by atoms with Crippen LogP contribution in [0.3, 0.4) is 0 Å². The third-order valence-corrected chi connectivity index (χ3v) is 4.57. The van der Waals surface area contributed by atoms with E-state index in [1.165, 1.54) is 0 Å². The SMILES string of the molecule is CC(C)CC(C=O)N(F)[C@@H](Cc1ccccc1)NC(=O)CCc1ccccc1. The molecule has 0 bridgehead atoms. The molecule has 0 aromatic heterocycles. The normalized spacial score (nSPS) is 13.3. The first-order chi connectivity index (χ1) is 13.5. The zero-order chi connectivity index (χ0) is 20.4. The molecule has 150 valence electrons. The summed E-state index contributed by atoms with van der Waals surface area (Å²) in [5.41, 5.74) is 1.95. The monoisotopic (exact) mass is 384 g/mol. The van der Waals surface area contributed by atoms with Gasteiger partial charge in [-0.2, -0.15) is 0 Å². The molecule has 5 heteroatoms. The van der Waals surface area contributed by atoms with E-state index >= 15 is 4.48 Å². The van der Waals surface area contributed by atoms with Crippen molar-refractivity contribution in [2.24, 2.45) is 5.92 Å². The van der Waals surface area contributed by atoms with Gasteiger partial charge in [-0.3, -0.25) is 4.79 Å². The van der Waals surface area contributed by atoms with E-state index in [4.69, 9.17) is 0 Å². The second-order valence-electron chi connectivity index (χ2n) is 7.44. The van der Waals surface area contributed by atoms with Crippen LogP contribution in [-0.4, -0.2) is 29.5 Å². The molecule has 0 radical (unpaired) electrons. The largest absolute Gasteiger partial charge is 0.338 e. The second kappa shape index (κ2) is 11.3. The molecule has 0 saturated heterocycles. The number of carbonyl (C=O) groups excluding carboxylic acids is 2. The highest BCUT2D eigenvalue weighted by molar-refractivity contribution is 5.76. The number of halogens is 1. The molecule has 0 spiro atoms. The summed E-state index contributed by atoms with van der Waals surface area (Å²) in [5.74, 6) is -0.0683.